The first-order chi connectivity index (χ1) is 10.9. The summed E-state index contributed by atoms with van der Waals surface area (Å²) in [5, 5.41) is 9.05. The van der Waals surface area contributed by atoms with Crippen molar-refractivity contribution in [2.75, 3.05) is 13.1 Å². The molecule has 124 valence electrons. The maximum absolute atomic E-state index is 11.5. The van der Waals surface area contributed by atoms with Crippen molar-refractivity contribution in [1.82, 2.24) is 15.6 Å². The number of nitrogens with zero attached hydrogens (tertiary/aromatic N) is 1. The van der Waals surface area contributed by atoms with Crippen LogP contribution in [0.4, 0.5) is 4.79 Å². The fourth-order valence-corrected chi connectivity index (χ4v) is 2.71. The van der Waals surface area contributed by atoms with E-state index in [0.717, 1.165) is 16.3 Å². The maximum atomic E-state index is 11.5. The van der Waals surface area contributed by atoms with Gasteiger partial charge < -0.3 is 15.4 Å². The van der Waals surface area contributed by atoms with Crippen LogP contribution in [0.1, 0.15) is 26.5 Å². The third-order valence-electron chi connectivity index (χ3n) is 2.85. The normalized spacial score (nSPS) is 11.3. The number of rotatable bonds is 6. The Balaban J connectivity index is 1.68. The van der Waals surface area contributed by atoms with Gasteiger partial charge in [-0.25, -0.2) is 9.78 Å². The summed E-state index contributed by atoms with van der Waals surface area (Å²) in [7, 11) is 0. The minimum absolute atomic E-state index is 0.390. The molecule has 0 aliphatic heterocycles. The molecule has 0 unspecified atom stereocenters. The smallest absolute Gasteiger partial charge is 0.407 e. The molecule has 0 saturated carbocycles. The molecule has 0 spiro atoms. The predicted molar refractivity (Wildman–Crippen MR) is 93.5 cm³/mol. The van der Waals surface area contributed by atoms with Gasteiger partial charge >= 0.3 is 6.09 Å². The Morgan fingerprint density at radius 2 is 1.96 bits per heavy atom. The fraction of sp³-hybridized carbons (Fsp3) is 0.412. The van der Waals surface area contributed by atoms with E-state index in [0.29, 0.717) is 19.6 Å². The van der Waals surface area contributed by atoms with Crippen molar-refractivity contribution in [2.24, 2.45) is 0 Å². The van der Waals surface area contributed by atoms with Crippen LogP contribution in [0, 0.1) is 0 Å². The second-order valence-electron chi connectivity index (χ2n) is 6.12. The second-order valence-corrected chi connectivity index (χ2v) is 6.97. The summed E-state index contributed by atoms with van der Waals surface area (Å²) in [6.07, 6.45) is -0.390. The number of hydrogen-bond donors (Lipinski definition) is 2. The number of nitrogens with one attached hydrogen (secondary N) is 2. The minimum Gasteiger partial charge on any atom is -0.444 e. The highest BCUT2D eigenvalue weighted by Crippen LogP contribution is 2.22. The molecule has 0 aliphatic carbocycles. The number of benzene rings is 1. The summed E-state index contributed by atoms with van der Waals surface area (Å²) in [5.41, 5.74) is 1.67. The van der Waals surface area contributed by atoms with Crippen molar-refractivity contribution in [3.05, 3.63) is 41.4 Å². The van der Waals surface area contributed by atoms with Gasteiger partial charge in [-0.3, -0.25) is 0 Å². The standard InChI is InChI=1S/C17H23N3O2S/c1-17(2,3)22-16(21)19-10-9-18-11-14-12-23-15(20-14)13-7-5-4-6-8-13/h4-8,12,18H,9-11H2,1-3H3,(H,19,21). The van der Waals surface area contributed by atoms with Gasteiger partial charge in [0, 0.05) is 30.6 Å². The van der Waals surface area contributed by atoms with Gasteiger partial charge in [0.1, 0.15) is 10.6 Å². The molecule has 1 amide bonds. The lowest BCUT2D eigenvalue weighted by molar-refractivity contribution is 0.0528. The minimum atomic E-state index is -0.466. The zero-order valence-electron chi connectivity index (χ0n) is 13.8. The maximum Gasteiger partial charge on any atom is 0.407 e. The number of aromatic nitrogens is 1. The lowest BCUT2D eigenvalue weighted by atomic mass is 10.2. The number of carbonyl (C=O) groups is 1. The van der Waals surface area contributed by atoms with Crippen molar-refractivity contribution >= 4 is 17.4 Å². The Hall–Kier alpha value is -1.92. The molecule has 2 aromatic rings. The molecule has 0 radical (unpaired) electrons. The van der Waals surface area contributed by atoms with Crippen LogP contribution in [0.5, 0.6) is 0 Å². The zero-order chi connectivity index (χ0) is 16.7. The summed E-state index contributed by atoms with van der Waals surface area (Å²) < 4.78 is 5.17. The van der Waals surface area contributed by atoms with Crippen molar-refractivity contribution in [2.45, 2.75) is 32.9 Å². The van der Waals surface area contributed by atoms with Gasteiger partial charge in [-0.05, 0) is 20.8 Å². The summed E-state index contributed by atoms with van der Waals surface area (Å²) in [5.74, 6) is 0. The van der Waals surface area contributed by atoms with E-state index < -0.39 is 5.60 Å². The van der Waals surface area contributed by atoms with Crippen molar-refractivity contribution in [3.63, 3.8) is 0 Å². The Morgan fingerprint density at radius 3 is 2.65 bits per heavy atom. The molecule has 0 saturated heterocycles. The number of ether oxygens (including phenoxy) is 1. The molecule has 1 aromatic heterocycles. The zero-order valence-corrected chi connectivity index (χ0v) is 14.6. The van der Waals surface area contributed by atoms with E-state index in [4.69, 9.17) is 4.74 Å². The lowest BCUT2D eigenvalue weighted by Crippen LogP contribution is -2.36. The first-order valence-electron chi connectivity index (χ1n) is 7.61. The van der Waals surface area contributed by atoms with Crippen LogP contribution >= 0.6 is 11.3 Å². The van der Waals surface area contributed by atoms with E-state index in [9.17, 15) is 4.79 Å². The number of thiazole rings is 1. The Morgan fingerprint density at radius 1 is 1.22 bits per heavy atom. The van der Waals surface area contributed by atoms with E-state index in [-0.39, 0.29) is 6.09 Å². The third-order valence-corrected chi connectivity index (χ3v) is 3.79. The first-order valence-corrected chi connectivity index (χ1v) is 8.49. The molecule has 0 aliphatic rings. The molecule has 1 heterocycles. The molecule has 1 aromatic carbocycles. The molecule has 0 fully saturated rings. The SMILES string of the molecule is CC(C)(C)OC(=O)NCCNCc1csc(-c2ccccc2)n1. The van der Waals surface area contributed by atoms with E-state index >= 15 is 0 Å². The van der Waals surface area contributed by atoms with E-state index in [2.05, 4.69) is 33.1 Å². The predicted octanol–water partition coefficient (Wildman–Crippen LogP) is 3.42. The highest BCUT2D eigenvalue weighted by molar-refractivity contribution is 7.13. The number of amides is 1. The average Bonchev–Trinajstić information content (AvgIpc) is 2.95. The Bertz CT molecular complexity index is 620. The van der Waals surface area contributed by atoms with Crippen LogP contribution in [0.15, 0.2) is 35.7 Å². The van der Waals surface area contributed by atoms with Gasteiger partial charge in [-0.2, -0.15) is 0 Å². The summed E-state index contributed by atoms with van der Waals surface area (Å²) in [6, 6.07) is 10.1. The van der Waals surface area contributed by atoms with Crippen molar-refractivity contribution in [3.8, 4) is 10.6 Å². The topological polar surface area (TPSA) is 63.2 Å². The van der Waals surface area contributed by atoms with E-state index in [1.807, 2.05) is 39.0 Å². The monoisotopic (exact) mass is 333 g/mol. The summed E-state index contributed by atoms with van der Waals surface area (Å²) >= 11 is 1.64. The van der Waals surface area contributed by atoms with Gasteiger partial charge in [0.15, 0.2) is 0 Å². The molecule has 0 atom stereocenters. The second kappa shape index (κ2) is 8.08. The van der Waals surface area contributed by atoms with Gasteiger partial charge in [0.25, 0.3) is 0 Å². The molecular weight excluding hydrogens is 310 g/mol. The van der Waals surface area contributed by atoms with Gasteiger partial charge in [-0.15, -0.1) is 11.3 Å². The molecule has 2 N–H and O–H groups in total. The van der Waals surface area contributed by atoms with Crippen LogP contribution in [-0.4, -0.2) is 29.8 Å². The highest BCUT2D eigenvalue weighted by atomic mass is 32.1. The van der Waals surface area contributed by atoms with Crippen LogP contribution in [0.25, 0.3) is 10.6 Å². The van der Waals surface area contributed by atoms with Crippen LogP contribution in [0.3, 0.4) is 0 Å². The summed E-state index contributed by atoms with van der Waals surface area (Å²) in [6.45, 7) is 7.40. The van der Waals surface area contributed by atoms with Gasteiger partial charge in [0.2, 0.25) is 0 Å². The van der Waals surface area contributed by atoms with Crippen molar-refractivity contribution in [1.29, 1.82) is 0 Å². The van der Waals surface area contributed by atoms with Crippen LogP contribution in [-0.2, 0) is 11.3 Å². The number of hydrogen-bond acceptors (Lipinski definition) is 5. The van der Waals surface area contributed by atoms with Gasteiger partial charge in [-0.1, -0.05) is 30.3 Å². The van der Waals surface area contributed by atoms with Crippen LogP contribution in [0.2, 0.25) is 0 Å². The van der Waals surface area contributed by atoms with Crippen LogP contribution < -0.4 is 10.6 Å². The molecule has 0 bridgehead atoms. The lowest BCUT2D eigenvalue weighted by Gasteiger charge is -2.19. The highest BCUT2D eigenvalue weighted by Gasteiger charge is 2.15. The molecule has 2 rings (SSSR count). The fourth-order valence-electron chi connectivity index (χ4n) is 1.89. The summed E-state index contributed by atoms with van der Waals surface area (Å²) in [4.78, 5) is 16.1. The molecular formula is C17H23N3O2S. The number of carbonyl (C=O) groups excluding carboxylic acids is 1. The first kappa shape index (κ1) is 17.4. The average molecular weight is 333 g/mol. The van der Waals surface area contributed by atoms with Crippen molar-refractivity contribution < 1.29 is 9.53 Å². The Labute approximate surface area is 141 Å². The quantitative estimate of drug-likeness (QED) is 0.795. The molecule has 23 heavy (non-hydrogen) atoms. The largest absolute Gasteiger partial charge is 0.444 e. The molecule has 6 heteroatoms. The van der Waals surface area contributed by atoms with E-state index in [1.165, 1.54) is 0 Å². The molecule has 5 nitrogen and oxygen atoms in total. The van der Waals surface area contributed by atoms with Gasteiger partial charge in [0.05, 0.1) is 5.69 Å². The van der Waals surface area contributed by atoms with E-state index in [1.54, 1.807) is 11.3 Å². The number of alkyl carbamates (subject to hydrolysis) is 1. The Kier molecular flexibility index (Phi) is 6.12. The third kappa shape index (κ3) is 6.38.